The molecule has 1 saturated carbocycles. The van der Waals surface area contributed by atoms with Gasteiger partial charge >= 0.3 is 0 Å². The third-order valence-electron chi connectivity index (χ3n) is 4.78. The lowest BCUT2D eigenvalue weighted by Crippen LogP contribution is -2.49. The molecule has 1 aliphatic carbocycles. The van der Waals surface area contributed by atoms with Gasteiger partial charge in [-0.15, -0.1) is 0 Å². The summed E-state index contributed by atoms with van der Waals surface area (Å²) in [4.78, 5) is 4.35. The minimum atomic E-state index is 0.246. The van der Waals surface area contributed by atoms with Crippen LogP contribution in [-0.4, -0.2) is 39.3 Å². The SMILES string of the molecule is CCOCCCCNC(=NC)NCC1(c2cccc(Br)c2)CCC1. The predicted octanol–water partition coefficient (Wildman–Crippen LogP) is 3.85. The largest absolute Gasteiger partial charge is 0.382 e. The molecule has 0 aromatic heterocycles. The Hall–Kier alpha value is -1.07. The molecule has 0 amide bonds. The molecular weight excluding hydrogens is 366 g/mol. The molecule has 2 N–H and O–H groups in total. The van der Waals surface area contributed by atoms with Crippen LogP contribution in [0.15, 0.2) is 33.7 Å². The molecule has 0 spiro atoms. The first-order valence-corrected chi connectivity index (χ1v) is 9.78. The molecule has 2 rings (SSSR count). The molecule has 0 radical (unpaired) electrons. The molecule has 1 aromatic carbocycles. The second kappa shape index (κ2) is 10.0. The minimum Gasteiger partial charge on any atom is -0.382 e. The van der Waals surface area contributed by atoms with Gasteiger partial charge in [-0.05, 0) is 50.3 Å². The Morgan fingerprint density at radius 3 is 2.75 bits per heavy atom. The molecule has 1 aliphatic rings. The second-order valence-corrected chi connectivity index (χ2v) is 7.32. The summed E-state index contributed by atoms with van der Waals surface area (Å²) in [5.74, 6) is 0.896. The fraction of sp³-hybridized carbons (Fsp3) is 0.632. The van der Waals surface area contributed by atoms with Crippen LogP contribution in [0.3, 0.4) is 0 Å². The van der Waals surface area contributed by atoms with E-state index in [0.717, 1.165) is 49.6 Å². The number of ether oxygens (including phenoxy) is 1. The summed E-state index contributed by atoms with van der Waals surface area (Å²) in [5.41, 5.74) is 1.67. The topological polar surface area (TPSA) is 45.6 Å². The smallest absolute Gasteiger partial charge is 0.191 e. The van der Waals surface area contributed by atoms with Crippen molar-refractivity contribution in [2.24, 2.45) is 4.99 Å². The molecule has 0 saturated heterocycles. The van der Waals surface area contributed by atoms with Gasteiger partial charge in [-0.1, -0.05) is 34.5 Å². The van der Waals surface area contributed by atoms with Crippen molar-refractivity contribution in [2.75, 3.05) is 33.4 Å². The third-order valence-corrected chi connectivity index (χ3v) is 5.27. The molecule has 1 fully saturated rings. The lowest BCUT2D eigenvalue weighted by molar-refractivity contribution is 0.143. The van der Waals surface area contributed by atoms with Crippen LogP contribution >= 0.6 is 15.9 Å². The number of unbranched alkanes of at least 4 members (excludes halogenated alkanes) is 1. The summed E-state index contributed by atoms with van der Waals surface area (Å²) < 4.78 is 6.52. The monoisotopic (exact) mass is 395 g/mol. The highest BCUT2D eigenvalue weighted by atomic mass is 79.9. The van der Waals surface area contributed by atoms with Gasteiger partial charge < -0.3 is 15.4 Å². The average Bonchev–Trinajstić information content (AvgIpc) is 2.55. The molecule has 5 heteroatoms. The first-order chi connectivity index (χ1) is 11.7. The zero-order valence-corrected chi connectivity index (χ0v) is 16.5. The predicted molar refractivity (Wildman–Crippen MR) is 105 cm³/mol. The number of benzene rings is 1. The standard InChI is InChI=1S/C19H30BrN3O/c1-3-24-13-5-4-12-22-18(21-2)23-15-19(10-7-11-19)16-8-6-9-17(20)14-16/h6,8-9,14H,3-5,7,10-13,15H2,1-2H3,(H2,21,22,23). The van der Waals surface area contributed by atoms with E-state index in [4.69, 9.17) is 4.74 Å². The Morgan fingerprint density at radius 1 is 1.29 bits per heavy atom. The summed E-state index contributed by atoms with van der Waals surface area (Å²) in [6.45, 7) is 5.54. The van der Waals surface area contributed by atoms with E-state index in [1.807, 2.05) is 14.0 Å². The fourth-order valence-corrected chi connectivity index (χ4v) is 3.54. The summed E-state index contributed by atoms with van der Waals surface area (Å²) in [5, 5.41) is 6.93. The molecule has 0 aliphatic heterocycles. The Bertz CT molecular complexity index is 529. The van der Waals surface area contributed by atoms with Crippen molar-refractivity contribution in [3.05, 3.63) is 34.3 Å². The first kappa shape index (κ1) is 19.3. The Kier molecular flexibility index (Phi) is 8.06. The number of hydrogen-bond acceptors (Lipinski definition) is 2. The van der Waals surface area contributed by atoms with Gasteiger partial charge in [0.25, 0.3) is 0 Å². The maximum Gasteiger partial charge on any atom is 0.191 e. The summed E-state index contributed by atoms with van der Waals surface area (Å²) in [6, 6.07) is 8.72. The molecule has 1 aromatic rings. The van der Waals surface area contributed by atoms with Gasteiger partial charge in [0, 0.05) is 43.2 Å². The van der Waals surface area contributed by atoms with Crippen molar-refractivity contribution in [1.29, 1.82) is 0 Å². The summed E-state index contributed by atoms with van der Waals surface area (Å²) in [6.07, 6.45) is 5.96. The molecule has 0 bridgehead atoms. The normalized spacial score (nSPS) is 16.5. The van der Waals surface area contributed by atoms with Crippen LogP contribution in [0.25, 0.3) is 0 Å². The summed E-state index contributed by atoms with van der Waals surface area (Å²) in [7, 11) is 1.84. The molecule has 4 nitrogen and oxygen atoms in total. The van der Waals surface area contributed by atoms with Gasteiger partial charge in [-0.25, -0.2) is 0 Å². The molecule has 0 atom stereocenters. The van der Waals surface area contributed by atoms with Crippen LogP contribution in [-0.2, 0) is 10.2 Å². The molecule has 0 heterocycles. The van der Waals surface area contributed by atoms with Crippen LogP contribution in [0, 0.1) is 0 Å². The highest BCUT2D eigenvalue weighted by molar-refractivity contribution is 9.10. The van der Waals surface area contributed by atoms with Crippen LogP contribution in [0.5, 0.6) is 0 Å². The minimum absolute atomic E-state index is 0.246. The van der Waals surface area contributed by atoms with Crippen molar-refractivity contribution in [2.45, 2.75) is 44.4 Å². The van der Waals surface area contributed by atoms with Crippen LogP contribution in [0.2, 0.25) is 0 Å². The number of guanidine groups is 1. The number of aliphatic imine (C=N–C) groups is 1. The number of hydrogen-bond donors (Lipinski definition) is 2. The van der Waals surface area contributed by atoms with Gasteiger partial charge in [-0.3, -0.25) is 4.99 Å². The Balaban J connectivity index is 1.79. The lowest BCUT2D eigenvalue weighted by Gasteiger charge is -2.43. The van der Waals surface area contributed by atoms with Crippen molar-refractivity contribution >= 4 is 21.9 Å². The molecular formula is C19H30BrN3O. The van der Waals surface area contributed by atoms with E-state index in [0.29, 0.717) is 0 Å². The number of nitrogens with one attached hydrogen (secondary N) is 2. The zero-order chi connectivity index (χ0) is 17.3. The van der Waals surface area contributed by atoms with E-state index in [-0.39, 0.29) is 5.41 Å². The van der Waals surface area contributed by atoms with Crippen LogP contribution in [0.1, 0.15) is 44.6 Å². The van der Waals surface area contributed by atoms with Crippen LogP contribution < -0.4 is 10.6 Å². The zero-order valence-electron chi connectivity index (χ0n) is 14.9. The van der Waals surface area contributed by atoms with E-state index in [1.54, 1.807) is 0 Å². The van der Waals surface area contributed by atoms with Crippen molar-refractivity contribution < 1.29 is 4.74 Å². The van der Waals surface area contributed by atoms with Crippen molar-refractivity contribution in [3.8, 4) is 0 Å². The van der Waals surface area contributed by atoms with E-state index in [1.165, 1.54) is 24.8 Å². The maximum absolute atomic E-state index is 5.36. The van der Waals surface area contributed by atoms with Crippen LogP contribution in [0.4, 0.5) is 0 Å². The average molecular weight is 396 g/mol. The molecule has 24 heavy (non-hydrogen) atoms. The third kappa shape index (κ3) is 5.49. The number of rotatable bonds is 9. The van der Waals surface area contributed by atoms with E-state index < -0.39 is 0 Å². The van der Waals surface area contributed by atoms with Crippen molar-refractivity contribution in [3.63, 3.8) is 0 Å². The van der Waals surface area contributed by atoms with E-state index in [9.17, 15) is 0 Å². The van der Waals surface area contributed by atoms with Gasteiger partial charge in [0.05, 0.1) is 0 Å². The van der Waals surface area contributed by atoms with E-state index >= 15 is 0 Å². The van der Waals surface area contributed by atoms with Gasteiger partial charge in [0.15, 0.2) is 5.96 Å². The number of halogens is 1. The quantitative estimate of drug-likeness (QED) is 0.379. The highest BCUT2D eigenvalue weighted by Gasteiger charge is 2.38. The Morgan fingerprint density at radius 2 is 2.12 bits per heavy atom. The molecule has 134 valence electrons. The lowest BCUT2D eigenvalue weighted by atomic mass is 9.64. The van der Waals surface area contributed by atoms with Gasteiger partial charge in [0.2, 0.25) is 0 Å². The van der Waals surface area contributed by atoms with Gasteiger partial charge in [-0.2, -0.15) is 0 Å². The first-order valence-electron chi connectivity index (χ1n) is 8.98. The van der Waals surface area contributed by atoms with Crippen molar-refractivity contribution in [1.82, 2.24) is 10.6 Å². The number of nitrogens with zero attached hydrogens (tertiary/aromatic N) is 1. The highest BCUT2D eigenvalue weighted by Crippen LogP contribution is 2.43. The molecule has 0 unspecified atom stereocenters. The second-order valence-electron chi connectivity index (χ2n) is 6.40. The van der Waals surface area contributed by atoms with Gasteiger partial charge in [0.1, 0.15) is 0 Å². The maximum atomic E-state index is 5.36. The fourth-order valence-electron chi connectivity index (χ4n) is 3.14. The van der Waals surface area contributed by atoms with E-state index in [2.05, 4.69) is 55.8 Å². The Labute approximate surface area is 154 Å². The summed E-state index contributed by atoms with van der Waals surface area (Å²) >= 11 is 3.59.